The monoisotopic (exact) mass is 381 g/mol. The summed E-state index contributed by atoms with van der Waals surface area (Å²) in [6.45, 7) is -0.301. The third kappa shape index (κ3) is 4.46. The topological polar surface area (TPSA) is 77.2 Å². The van der Waals surface area contributed by atoms with E-state index in [4.69, 9.17) is 32.4 Å². The average molecular weight is 382 g/mol. The molecule has 2 aromatic carbocycles. The number of nitrogens with zero attached hydrogens (tertiary/aromatic N) is 2. The predicted octanol–water partition coefficient (Wildman–Crippen LogP) is 4.20. The first kappa shape index (κ1) is 17.2. The molecule has 0 aliphatic rings. The van der Waals surface area contributed by atoms with Crippen LogP contribution in [0.2, 0.25) is 10.0 Å². The standard InChI is InChI=1S/C16H10Cl2FN3O3/c17-9-1-6-12(13(18)7-9)15-21-22-16(25-15)20-14(23)8-24-11-4-2-10(19)3-5-11/h1-7H,8H2,(H,20,22,23). The van der Waals surface area contributed by atoms with Crippen LogP contribution < -0.4 is 10.1 Å². The van der Waals surface area contributed by atoms with Crippen LogP contribution in [-0.2, 0) is 4.79 Å². The first-order valence-electron chi connectivity index (χ1n) is 6.98. The van der Waals surface area contributed by atoms with Crippen LogP contribution in [0, 0.1) is 5.82 Å². The lowest BCUT2D eigenvalue weighted by Gasteiger charge is -2.04. The van der Waals surface area contributed by atoms with Crippen LogP contribution in [0.15, 0.2) is 46.9 Å². The molecule has 0 bridgehead atoms. The molecule has 1 aromatic heterocycles. The number of halogens is 3. The van der Waals surface area contributed by atoms with Crippen molar-refractivity contribution in [2.75, 3.05) is 11.9 Å². The number of carbonyl (C=O) groups excluding carboxylic acids is 1. The molecule has 0 aliphatic heterocycles. The number of rotatable bonds is 5. The molecule has 128 valence electrons. The first-order chi connectivity index (χ1) is 12.0. The largest absolute Gasteiger partial charge is 0.484 e. The summed E-state index contributed by atoms with van der Waals surface area (Å²) < 4.78 is 23.3. The van der Waals surface area contributed by atoms with Crippen molar-refractivity contribution in [1.29, 1.82) is 0 Å². The van der Waals surface area contributed by atoms with E-state index in [2.05, 4.69) is 15.5 Å². The third-order valence-corrected chi connectivity index (χ3v) is 3.56. The van der Waals surface area contributed by atoms with E-state index < -0.39 is 11.7 Å². The first-order valence-corrected chi connectivity index (χ1v) is 7.74. The Labute approximate surface area is 151 Å². The molecule has 0 spiro atoms. The predicted molar refractivity (Wildman–Crippen MR) is 90.3 cm³/mol. The molecule has 0 saturated heterocycles. The maximum atomic E-state index is 12.8. The quantitative estimate of drug-likeness (QED) is 0.716. The third-order valence-electron chi connectivity index (χ3n) is 3.02. The molecule has 0 atom stereocenters. The summed E-state index contributed by atoms with van der Waals surface area (Å²) in [5.74, 6) is -0.412. The van der Waals surface area contributed by atoms with Gasteiger partial charge in [0.25, 0.3) is 11.8 Å². The second-order valence-corrected chi connectivity index (χ2v) is 5.67. The van der Waals surface area contributed by atoms with Gasteiger partial charge in [-0.2, -0.15) is 0 Å². The van der Waals surface area contributed by atoms with Crippen molar-refractivity contribution in [1.82, 2.24) is 10.2 Å². The van der Waals surface area contributed by atoms with Gasteiger partial charge in [-0.05, 0) is 42.5 Å². The van der Waals surface area contributed by atoms with E-state index in [0.29, 0.717) is 21.4 Å². The summed E-state index contributed by atoms with van der Waals surface area (Å²) in [5, 5.41) is 10.7. The summed E-state index contributed by atoms with van der Waals surface area (Å²) >= 11 is 11.9. The number of hydrogen-bond acceptors (Lipinski definition) is 5. The zero-order valence-corrected chi connectivity index (χ0v) is 14.0. The Morgan fingerprint density at radius 2 is 1.92 bits per heavy atom. The fraction of sp³-hybridized carbons (Fsp3) is 0.0625. The van der Waals surface area contributed by atoms with Gasteiger partial charge in [-0.25, -0.2) is 4.39 Å². The number of hydrogen-bond donors (Lipinski definition) is 1. The lowest BCUT2D eigenvalue weighted by atomic mass is 10.2. The summed E-state index contributed by atoms with van der Waals surface area (Å²) in [6.07, 6.45) is 0. The van der Waals surface area contributed by atoms with Crippen molar-refractivity contribution in [3.05, 3.63) is 58.3 Å². The molecule has 3 aromatic rings. The van der Waals surface area contributed by atoms with Crippen molar-refractivity contribution < 1.29 is 18.3 Å². The molecule has 6 nitrogen and oxygen atoms in total. The molecule has 0 fully saturated rings. The fourth-order valence-corrected chi connectivity index (χ4v) is 2.37. The van der Waals surface area contributed by atoms with Gasteiger partial charge in [-0.1, -0.05) is 28.3 Å². The van der Waals surface area contributed by atoms with Crippen LogP contribution >= 0.6 is 23.2 Å². The molecule has 1 heterocycles. The molecular weight excluding hydrogens is 372 g/mol. The number of benzene rings is 2. The number of carbonyl (C=O) groups is 1. The van der Waals surface area contributed by atoms with Crippen LogP contribution in [0.4, 0.5) is 10.4 Å². The van der Waals surface area contributed by atoms with E-state index >= 15 is 0 Å². The molecule has 0 aliphatic carbocycles. The number of anilines is 1. The number of amides is 1. The second-order valence-electron chi connectivity index (χ2n) is 4.83. The smallest absolute Gasteiger partial charge is 0.322 e. The van der Waals surface area contributed by atoms with Crippen molar-refractivity contribution in [3.8, 4) is 17.2 Å². The highest BCUT2D eigenvalue weighted by Crippen LogP contribution is 2.30. The molecule has 3 rings (SSSR count). The SMILES string of the molecule is O=C(COc1ccc(F)cc1)Nc1nnc(-c2ccc(Cl)cc2Cl)o1. The molecule has 0 unspecified atom stereocenters. The van der Waals surface area contributed by atoms with Crippen LogP contribution in [-0.4, -0.2) is 22.7 Å². The van der Waals surface area contributed by atoms with Crippen LogP contribution in [0.3, 0.4) is 0 Å². The van der Waals surface area contributed by atoms with E-state index in [9.17, 15) is 9.18 Å². The molecule has 1 N–H and O–H groups in total. The highest BCUT2D eigenvalue weighted by atomic mass is 35.5. The zero-order valence-electron chi connectivity index (χ0n) is 12.5. The van der Waals surface area contributed by atoms with Gasteiger partial charge in [-0.3, -0.25) is 10.1 Å². The summed E-state index contributed by atoms with van der Waals surface area (Å²) in [7, 11) is 0. The van der Waals surface area contributed by atoms with Crippen molar-refractivity contribution in [3.63, 3.8) is 0 Å². The summed E-state index contributed by atoms with van der Waals surface area (Å²) in [6, 6.07) is 9.97. The van der Waals surface area contributed by atoms with Crippen molar-refractivity contribution >= 4 is 35.1 Å². The molecule has 0 radical (unpaired) electrons. The fourth-order valence-electron chi connectivity index (χ4n) is 1.88. The Balaban J connectivity index is 1.60. The van der Waals surface area contributed by atoms with E-state index in [0.717, 1.165) is 0 Å². The number of ether oxygens (including phenoxy) is 1. The van der Waals surface area contributed by atoms with Gasteiger partial charge in [0.2, 0.25) is 0 Å². The Morgan fingerprint density at radius 3 is 2.64 bits per heavy atom. The van der Waals surface area contributed by atoms with Gasteiger partial charge in [0.05, 0.1) is 10.6 Å². The van der Waals surface area contributed by atoms with Gasteiger partial charge in [0.15, 0.2) is 6.61 Å². The van der Waals surface area contributed by atoms with Gasteiger partial charge in [0, 0.05) is 5.02 Å². The van der Waals surface area contributed by atoms with E-state index in [1.807, 2.05) is 0 Å². The van der Waals surface area contributed by atoms with Gasteiger partial charge < -0.3 is 9.15 Å². The highest BCUT2D eigenvalue weighted by Gasteiger charge is 2.14. The Kier molecular flexibility index (Phi) is 5.16. The van der Waals surface area contributed by atoms with E-state index in [-0.39, 0.29) is 18.5 Å². The Morgan fingerprint density at radius 1 is 1.16 bits per heavy atom. The molecular formula is C16H10Cl2FN3O3. The summed E-state index contributed by atoms with van der Waals surface area (Å²) in [4.78, 5) is 11.8. The normalized spacial score (nSPS) is 10.5. The maximum absolute atomic E-state index is 12.8. The maximum Gasteiger partial charge on any atom is 0.322 e. The van der Waals surface area contributed by atoms with Gasteiger partial charge in [0.1, 0.15) is 11.6 Å². The van der Waals surface area contributed by atoms with Crippen molar-refractivity contribution in [2.45, 2.75) is 0 Å². The molecule has 1 amide bonds. The van der Waals surface area contributed by atoms with E-state index in [1.54, 1.807) is 12.1 Å². The highest BCUT2D eigenvalue weighted by molar-refractivity contribution is 6.36. The van der Waals surface area contributed by atoms with Crippen LogP contribution in [0.25, 0.3) is 11.5 Å². The minimum absolute atomic E-state index is 0.103. The minimum Gasteiger partial charge on any atom is -0.484 e. The Bertz CT molecular complexity index is 900. The van der Waals surface area contributed by atoms with E-state index in [1.165, 1.54) is 30.3 Å². The zero-order chi connectivity index (χ0) is 17.8. The minimum atomic E-state index is -0.512. The lowest BCUT2D eigenvalue weighted by molar-refractivity contribution is -0.118. The average Bonchev–Trinajstić information content (AvgIpc) is 3.02. The molecule has 0 saturated carbocycles. The second kappa shape index (κ2) is 7.50. The summed E-state index contributed by atoms with van der Waals surface area (Å²) in [5.41, 5.74) is 0.488. The van der Waals surface area contributed by atoms with Crippen LogP contribution in [0.5, 0.6) is 5.75 Å². The van der Waals surface area contributed by atoms with Crippen molar-refractivity contribution in [2.24, 2.45) is 0 Å². The molecule has 9 heteroatoms. The van der Waals surface area contributed by atoms with Gasteiger partial charge >= 0.3 is 6.01 Å². The molecule has 25 heavy (non-hydrogen) atoms. The Hall–Kier alpha value is -2.64. The lowest BCUT2D eigenvalue weighted by Crippen LogP contribution is -2.20. The number of nitrogens with one attached hydrogen (secondary N) is 1. The van der Waals surface area contributed by atoms with Crippen LogP contribution in [0.1, 0.15) is 0 Å². The number of aromatic nitrogens is 2. The van der Waals surface area contributed by atoms with Gasteiger partial charge in [-0.15, -0.1) is 5.10 Å².